The SMILES string of the molecule is O=C1CCCN1CC[B-](F)(F)F. The maximum Gasteiger partial charge on any atom is 0.480 e. The van der Waals surface area contributed by atoms with Gasteiger partial charge < -0.3 is 17.8 Å². The number of carbonyl (C=O) groups is 1. The molecule has 0 N–H and O–H groups in total. The number of hydrogen-bond donors (Lipinski definition) is 0. The van der Waals surface area contributed by atoms with Gasteiger partial charge in [0.05, 0.1) is 0 Å². The molecule has 0 unspecified atom stereocenters. The molecule has 0 saturated carbocycles. The first kappa shape index (κ1) is 9.41. The quantitative estimate of drug-likeness (QED) is 0.602. The average molecular weight is 180 g/mol. The van der Waals surface area contributed by atoms with Crippen molar-refractivity contribution in [3.8, 4) is 0 Å². The largest absolute Gasteiger partial charge is 0.480 e. The molecule has 1 heterocycles. The van der Waals surface area contributed by atoms with Crippen LogP contribution in [0.5, 0.6) is 0 Å². The molecular weight excluding hydrogens is 170 g/mol. The van der Waals surface area contributed by atoms with Crippen molar-refractivity contribution >= 4 is 12.9 Å². The number of halogens is 3. The zero-order chi connectivity index (χ0) is 9.19. The van der Waals surface area contributed by atoms with E-state index in [0.717, 1.165) is 0 Å². The molecule has 12 heavy (non-hydrogen) atoms. The van der Waals surface area contributed by atoms with Gasteiger partial charge in [-0.15, -0.1) is 0 Å². The van der Waals surface area contributed by atoms with E-state index in [9.17, 15) is 17.7 Å². The van der Waals surface area contributed by atoms with Crippen molar-refractivity contribution in [3.05, 3.63) is 0 Å². The third kappa shape index (κ3) is 2.75. The van der Waals surface area contributed by atoms with Crippen LogP contribution in [0.15, 0.2) is 0 Å². The molecule has 0 spiro atoms. The standard InChI is InChI=1S/C6H10BF3NO/c8-7(9,10)3-5-11-4-1-2-6(11)12/h1-5H2/q-1. The topological polar surface area (TPSA) is 20.3 Å². The summed E-state index contributed by atoms with van der Waals surface area (Å²) in [7, 11) is 0. The second-order valence-electron chi connectivity index (χ2n) is 2.98. The van der Waals surface area contributed by atoms with Crippen LogP contribution in [0.2, 0.25) is 6.32 Å². The van der Waals surface area contributed by atoms with Crippen molar-refractivity contribution in [2.24, 2.45) is 0 Å². The minimum Gasteiger partial charge on any atom is -0.449 e. The van der Waals surface area contributed by atoms with E-state index in [1.807, 2.05) is 0 Å². The molecule has 0 aromatic rings. The summed E-state index contributed by atoms with van der Waals surface area (Å²) in [4.78, 5) is 12.1. The van der Waals surface area contributed by atoms with Crippen LogP contribution in [0.3, 0.4) is 0 Å². The summed E-state index contributed by atoms with van der Waals surface area (Å²) < 4.78 is 35.3. The Bertz CT molecular complexity index is 182. The Hall–Kier alpha value is -0.675. The maximum absolute atomic E-state index is 11.8. The molecule has 1 aliphatic rings. The third-order valence-electron chi connectivity index (χ3n) is 1.90. The van der Waals surface area contributed by atoms with Gasteiger partial charge in [-0.05, 0) is 13.0 Å². The zero-order valence-corrected chi connectivity index (χ0v) is 6.60. The van der Waals surface area contributed by atoms with Crippen molar-refractivity contribution in [3.63, 3.8) is 0 Å². The molecular formula is C6H10BF3NO-. The van der Waals surface area contributed by atoms with Crippen LogP contribution in [0.25, 0.3) is 0 Å². The summed E-state index contributed by atoms with van der Waals surface area (Å²) in [5.74, 6) is -0.143. The van der Waals surface area contributed by atoms with Crippen molar-refractivity contribution in [2.75, 3.05) is 13.1 Å². The molecule has 1 amide bonds. The average Bonchev–Trinajstić information content (AvgIpc) is 2.29. The highest BCUT2D eigenvalue weighted by molar-refractivity contribution is 6.58. The summed E-state index contributed by atoms with van der Waals surface area (Å²) in [6.45, 7) is -4.39. The fraction of sp³-hybridized carbons (Fsp3) is 0.833. The molecule has 70 valence electrons. The molecule has 1 aliphatic heterocycles. The number of carbonyl (C=O) groups excluding carboxylic acids is 1. The predicted octanol–water partition coefficient (Wildman–Crippen LogP) is 1.46. The lowest BCUT2D eigenvalue weighted by Crippen LogP contribution is -2.30. The van der Waals surface area contributed by atoms with Crippen molar-refractivity contribution in [1.29, 1.82) is 0 Å². The van der Waals surface area contributed by atoms with Crippen molar-refractivity contribution in [2.45, 2.75) is 19.2 Å². The highest BCUT2D eigenvalue weighted by atomic mass is 19.4. The van der Waals surface area contributed by atoms with Gasteiger partial charge in [0.2, 0.25) is 5.91 Å². The monoisotopic (exact) mass is 180 g/mol. The Morgan fingerprint density at radius 1 is 1.42 bits per heavy atom. The Balaban J connectivity index is 2.27. The van der Waals surface area contributed by atoms with E-state index in [-0.39, 0.29) is 12.5 Å². The summed E-state index contributed by atoms with van der Waals surface area (Å²) in [5, 5.41) is 0. The first-order chi connectivity index (χ1) is 5.49. The van der Waals surface area contributed by atoms with Crippen molar-refractivity contribution < 1.29 is 17.7 Å². The van der Waals surface area contributed by atoms with Gasteiger partial charge in [0.25, 0.3) is 0 Å². The number of nitrogens with zero attached hydrogens (tertiary/aromatic N) is 1. The van der Waals surface area contributed by atoms with Gasteiger partial charge in [-0.3, -0.25) is 4.79 Å². The van der Waals surface area contributed by atoms with E-state index in [4.69, 9.17) is 0 Å². The Morgan fingerprint density at radius 2 is 2.08 bits per heavy atom. The van der Waals surface area contributed by atoms with Crippen LogP contribution in [0, 0.1) is 0 Å². The Morgan fingerprint density at radius 3 is 2.50 bits per heavy atom. The molecule has 1 saturated heterocycles. The zero-order valence-electron chi connectivity index (χ0n) is 6.60. The van der Waals surface area contributed by atoms with Gasteiger partial charge in [0, 0.05) is 13.0 Å². The van der Waals surface area contributed by atoms with E-state index >= 15 is 0 Å². The molecule has 0 aliphatic carbocycles. The number of rotatable bonds is 3. The van der Waals surface area contributed by atoms with Gasteiger partial charge in [0.15, 0.2) is 0 Å². The molecule has 6 heteroatoms. The first-order valence-corrected chi connectivity index (χ1v) is 3.98. The molecule has 0 radical (unpaired) electrons. The van der Waals surface area contributed by atoms with E-state index < -0.39 is 13.3 Å². The summed E-state index contributed by atoms with van der Waals surface area (Å²) >= 11 is 0. The first-order valence-electron chi connectivity index (χ1n) is 3.98. The predicted molar refractivity (Wildman–Crippen MR) is 39.7 cm³/mol. The van der Waals surface area contributed by atoms with E-state index in [1.54, 1.807) is 0 Å². The van der Waals surface area contributed by atoms with Crippen LogP contribution in [-0.2, 0) is 4.79 Å². The molecule has 0 aromatic heterocycles. The van der Waals surface area contributed by atoms with Gasteiger partial charge >= 0.3 is 6.98 Å². The Kier molecular flexibility index (Phi) is 2.64. The molecule has 0 aromatic carbocycles. The van der Waals surface area contributed by atoms with Crippen LogP contribution in [0.1, 0.15) is 12.8 Å². The fourth-order valence-corrected chi connectivity index (χ4v) is 1.24. The molecule has 1 rings (SSSR count). The highest BCUT2D eigenvalue weighted by Gasteiger charge is 2.26. The normalized spacial score (nSPS) is 18.9. The second-order valence-corrected chi connectivity index (χ2v) is 2.98. The van der Waals surface area contributed by atoms with Crippen LogP contribution >= 0.6 is 0 Å². The van der Waals surface area contributed by atoms with Gasteiger partial charge in [-0.2, -0.15) is 0 Å². The lowest BCUT2D eigenvalue weighted by Gasteiger charge is -2.20. The smallest absolute Gasteiger partial charge is 0.449 e. The minimum atomic E-state index is -4.73. The summed E-state index contributed by atoms with van der Waals surface area (Å²) in [6.07, 6.45) is 0.278. The summed E-state index contributed by atoms with van der Waals surface area (Å²) in [5.41, 5.74) is 0. The number of hydrogen-bond acceptors (Lipinski definition) is 1. The maximum atomic E-state index is 11.8. The van der Waals surface area contributed by atoms with Gasteiger partial charge in [-0.25, -0.2) is 0 Å². The van der Waals surface area contributed by atoms with Crippen LogP contribution < -0.4 is 0 Å². The third-order valence-corrected chi connectivity index (χ3v) is 1.90. The Labute approximate surface area is 68.8 Å². The van der Waals surface area contributed by atoms with Crippen molar-refractivity contribution in [1.82, 2.24) is 4.90 Å². The van der Waals surface area contributed by atoms with E-state index in [2.05, 4.69) is 0 Å². The van der Waals surface area contributed by atoms with Crippen LogP contribution in [0.4, 0.5) is 12.9 Å². The van der Waals surface area contributed by atoms with Gasteiger partial charge in [-0.1, -0.05) is 6.32 Å². The minimum absolute atomic E-state index is 0.143. The van der Waals surface area contributed by atoms with E-state index in [0.29, 0.717) is 19.4 Å². The number of amides is 1. The van der Waals surface area contributed by atoms with Gasteiger partial charge in [0.1, 0.15) is 0 Å². The number of likely N-dealkylation sites (tertiary alicyclic amines) is 1. The van der Waals surface area contributed by atoms with E-state index in [1.165, 1.54) is 4.90 Å². The summed E-state index contributed by atoms with van der Waals surface area (Å²) in [6, 6.07) is 0. The second kappa shape index (κ2) is 3.37. The lowest BCUT2D eigenvalue weighted by atomic mass is 9.86. The lowest BCUT2D eigenvalue weighted by molar-refractivity contribution is -0.127. The molecule has 0 atom stereocenters. The molecule has 1 fully saturated rings. The fourth-order valence-electron chi connectivity index (χ4n) is 1.24. The highest BCUT2D eigenvalue weighted by Crippen LogP contribution is 2.17. The molecule has 2 nitrogen and oxygen atoms in total. The van der Waals surface area contributed by atoms with Crippen LogP contribution in [-0.4, -0.2) is 30.9 Å². The molecule has 0 bridgehead atoms.